The number of carbonyl (C=O) groups excluding carboxylic acids is 1. The monoisotopic (exact) mass is 693 g/mol. The van der Waals surface area contributed by atoms with Gasteiger partial charge in [0.15, 0.2) is 5.65 Å². The summed E-state index contributed by atoms with van der Waals surface area (Å²) < 4.78 is 10.1. The summed E-state index contributed by atoms with van der Waals surface area (Å²) in [6, 6.07) is 17.3. The Kier molecular flexibility index (Phi) is 9.56. The molecule has 51 heavy (non-hydrogen) atoms. The molecule has 268 valence electrons. The van der Waals surface area contributed by atoms with Gasteiger partial charge < -0.3 is 19.6 Å². The number of aliphatic hydroxyl groups excluding tert-OH is 1. The van der Waals surface area contributed by atoms with Crippen molar-refractivity contribution in [3.63, 3.8) is 0 Å². The SMILES string of the molecule is CO[C@@H](C)CCN(CCO)c1ccc2c(=O)n(CCc3ccc4c(c3)N(CC3CC3)C(=O)C4(C)C)c(CCn3nc4ccccn4c3=O)nc2c1. The average Bonchev–Trinajstić information content (AvgIpc) is 3.87. The Bertz CT molecular complexity index is 2200. The van der Waals surface area contributed by atoms with Crippen LogP contribution < -0.4 is 21.0 Å². The molecule has 1 saturated carbocycles. The van der Waals surface area contributed by atoms with E-state index in [0.29, 0.717) is 60.8 Å². The lowest BCUT2D eigenvalue weighted by Crippen LogP contribution is -2.37. The van der Waals surface area contributed by atoms with Crippen molar-refractivity contribution in [2.45, 2.75) is 77.5 Å². The van der Waals surface area contributed by atoms with Gasteiger partial charge in [0.05, 0.1) is 35.6 Å². The number of fused-ring (bicyclic) bond motifs is 3. The summed E-state index contributed by atoms with van der Waals surface area (Å²) in [7, 11) is 1.68. The number of rotatable bonds is 15. The van der Waals surface area contributed by atoms with Crippen LogP contribution in [0.5, 0.6) is 0 Å². The fourth-order valence-electron chi connectivity index (χ4n) is 7.17. The molecule has 5 aromatic rings. The molecule has 12 nitrogen and oxygen atoms in total. The topological polar surface area (TPSA) is 127 Å². The zero-order valence-corrected chi connectivity index (χ0v) is 29.9. The van der Waals surface area contributed by atoms with E-state index in [0.717, 1.165) is 48.3 Å². The number of nitrogens with zero attached hydrogens (tertiary/aromatic N) is 7. The first-order valence-electron chi connectivity index (χ1n) is 18.0. The average molecular weight is 694 g/mol. The summed E-state index contributed by atoms with van der Waals surface area (Å²) in [4.78, 5) is 49.9. The van der Waals surface area contributed by atoms with Crippen LogP contribution in [0.2, 0.25) is 0 Å². The molecule has 0 spiro atoms. The third-order valence-electron chi connectivity index (χ3n) is 10.6. The first-order valence-corrected chi connectivity index (χ1v) is 18.0. The number of aryl methyl sites for hydroxylation is 3. The van der Waals surface area contributed by atoms with Gasteiger partial charge in [-0.3, -0.25) is 18.6 Å². The highest BCUT2D eigenvalue weighted by Crippen LogP contribution is 2.44. The first-order chi connectivity index (χ1) is 24.6. The van der Waals surface area contributed by atoms with Gasteiger partial charge in [-0.25, -0.2) is 14.5 Å². The van der Waals surface area contributed by atoms with Gasteiger partial charge in [0.2, 0.25) is 5.91 Å². The molecule has 1 atom stereocenters. The molecule has 2 aromatic carbocycles. The van der Waals surface area contributed by atoms with Crippen LogP contribution in [-0.2, 0) is 40.9 Å². The van der Waals surface area contributed by atoms with Crippen molar-refractivity contribution in [3.05, 3.63) is 98.6 Å². The Hall–Kier alpha value is -4.81. The zero-order valence-electron chi connectivity index (χ0n) is 29.9. The number of benzene rings is 2. The van der Waals surface area contributed by atoms with Crippen LogP contribution in [0.4, 0.5) is 11.4 Å². The van der Waals surface area contributed by atoms with E-state index in [2.05, 4.69) is 28.2 Å². The highest BCUT2D eigenvalue weighted by Gasteiger charge is 2.45. The van der Waals surface area contributed by atoms with Crippen LogP contribution in [0.1, 0.15) is 57.0 Å². The van der Waals surface area contributed by atoms with Crippen molar-refractivity contribution >= 4 is 33.8 Å². The number of hydrogen-bond donors (Lipinski definition) is 1. The summed E-state index contributed by atoms with van der Waals surface area (Å²) in [5.74, 6) is 1.27. The lowest BCUT2D eigenvalue weighted by Gasteiger charge is -2.25. The molecule has 7 rings (SSSR count). The van der Waals surface area contributed by atoms with Gasteiger partial charge in [-0.05, 0) is 99.9 Å². The Balaban J connectivity index is 1.22. The molecular weight excluding hydrogens is 646 g/mol. The Morgan fingerprint density at radius 3 is 2.59 bits per heavy atom. The van der Waals surface area contributed by atoms with E-state index < -0.39 is 5.41 Å². The van der Waals surface area contributed by atoms with E-state index in [-0.39, 0.29) is 36.4 Å². The number of pyridine rings is 1. The number of carbonyl (C=O) groups is 1. The van der Waals surface area contributed by atoms with Crippen molar-refractivity contribution in [1.29, 1.82) is 0 Å². The standard InChI is InChI=1S/C39H47N7O5/c1-26(51-4)14-18-42(21-22-47)29-11-12-30-32(24-29)40-34(16-20-46-38(50)44-17-6-5-7-35(44)41-46)43(36(30)48)19-15-27-10-13-31-33(23-27)45(25-28-8-9-28)37(49)39(31,2)3/h5-7,10-13,17,23-24,26,28,47H,8-9,14-16,18-22,25H2,1-4H3/t26-/m0/s1. The van der Waals surface area contributed by atoms with E-state index in [1.807, 2.05) is 49.9 Å². The van der Waals surface area contributed by atoms with Gasteiger partial charge >= 0.3 is 5.69 Å². The molecule has 0 unspecified atom stereocenters. The van der Waals surface area contributed by atoms with Crippen molar-refractivity contribution in [3.8, 4) is 0 Å². The number of methoxy groups -OCH3 is 1. The van der Waals surface area contributed by atoms with Crippen LogP contribution in [0.15, 0.2) is 70.4 Å². The van der Waals surface area contributed by atoms with E-state index in [4.69, 9.17) is 9.72 Å². The molecule has 1 aliphatic carbocycles. The van der Waals surface area contributed by atoms with Gasteiger partial charge in [0.1, 0.15) is 5.82 Å². The van der Waals surface area contributed by atoms with E-state index in [1.54, 1.807) is 30.0 Å². The minimum absolute atomic E-state index is 0.0138. The lowest BCUT2D eigenvalue weighted by atomic mass is 9.85. The minimum Gasteiger partial charge on any atom is -0.395 e. The van der Waals surface area contributed by atoms with Gasteiger partial charge in [-0.15, -0.1) is 5.10 Å². The molecule has 12 heteroatoms. The number of aliphatic hydroxyl groups is 1. The number of anilines is 2. The zero-order chi connectivity index (χ0) is 35.9. The molecule has 2 aliphatic rings. The van der Waals surface area contributed by atoms with Crippen molar-refractivity contribution in [1.82, 2.24) is 23.7 Å². The lowest BCUT2D eigenvalue weighted by molar-refractivity contribution is -0.122. The van der Waals surface area contributed by atoms with Crippen LogP contribution in [-0.4, -0.2) is 74.2 Å². The smallest absolute Gasteiger partial charge is 0.350 e. The largest absolute Gasteiger partial charge is 0.395 e. The minimum atomic E-state index is -0.571. The molecule has 4 heterocycles. The molecule has 3 aromatic heterocycles. The Morgan fingerprint density at radius 2 is 1.84 bits per heavy atom. The molecule has 0 radical (unpaired) electrons. The summed E-state index contributed by atoms with van der Waals surface area (Å²) in [6.45, 7) is 8.47. The maximum absolute atomic E-state index is 14.3. The second kappa shape index (κ2) is 14.1. The second-order valence-electron chi connectivity index (χ2n) is 14.5. The van der Waals surface area contributed by atoms with Crippen molar-refractivity contribution < 1.29 is 14.6 Å². The normalized spacial score (nSPS) is 15.9. The van der Waals surface area contributed by atoms with Crippen LogP contribution in [0.3, 0.4) is 0 Å². The predicted octanol–water partition coefficient (Wildman–Crippen LogP) is 3.95. The van der Waals surface area contributed by atoms with Crippen molar-refractivity contribution in [2.24, 2.45) is 5.92 Å². The van der Waals surface area contributed by atoms with Gasteiger partial charge in [-0.2, -0.15) is 0 Å². The third-order valence-corrected chi connectivity index (χ3v) is 10.6. The van der Waals surface area contributed by atoms with Crippen LogP contribution in [0, 0.1) is 5.92 Å². The number of ether oxygens (including phenoxy) is 1. The number of hydrogen-bond acceptors (Lipinski definition) is 8. The number of aromatic nitrogens is 5. The van der Waals surface area contributed by atoms with Crippen LogP contribution in [0.25, 0.3) is 16.6 Å². The molecule has 1 aliphatic heterocycles. The molecular formula is C39H47N7O5. The first kappa shape index (κ1) is 34.6. The summed E-state index contributed by atoms with van der Waals surface area (Å²) in [6.07, 6.45) is 5.72. The predicted molar refractivity (Wildman–Crippen MR) is 198 cm³/mol. The second-order valence-corrected chi connectivity index (χ2v) is 14.5. The Labute approximate surface area is 296 Å². The maximum atomic E-state index is 14.3. The summed E-state index contributed by atoms with van der Waals surface area (Å²) in [5.41, 5.74) is 4.05. The molecule has 1 amide bonds. The molecule has 0 bridgehead atoms. The summed E-state index contributed by atoms with van der Waals surface area (Å²) in [5, 5.41) is 14.8. The highest BCUT2D eigenvalue weighted by atomic mass is 16.5. The maximum Gasteiger partial charge on any atom is 0.350 e. The molecule has 1 fully saturated rings. The van der Waals surface area contributed by atoms with Gasteiger partial charge in [-0.1, -0.05) is 18.2 Å². The number of amides is 1. The van der Waals surface area contributed by atoms with E-state index in [1.165, 1.54) is 9.08 Å². The molecule has 0 saturated heterocycles. The van der Waals surface area contributed by atoms with Gasteiger partial charge in [0, 0.05) is 57.3 Å². The van der Waals surface area contributed by atoms with E-state index >= 15 is 0 Å². The Morgan fingerprint density at radius 1 is 1.02 bits per heavy atom. The quantitative estimate of drug-likeness (QED) is 0.175. The van der Waals surface area contributed by atoms with Gasteiger partial charge in [0.25, 0.3) is 5.56 Å². The summed E-state index contributed by atoms with van der Waals surface area (Å²) >= 11 is 0. The fourth-order valence-corrected chi connectivity index (χ4v) is 7.17. The van der Waals surface area contributed by atoms with Crippen LogP contribution >= 0.6 is 0 Å². The van der Waals surface area contributed by atoms with Crippen molar-refractivity contribution in [2.75, 3.05) is 43.2 Å². The third kappa shape index (κ3) is 6.82. The van der Waals surface area contributed by atoms with E-state index in [9.17, 15) is 19.5 Å². The molecule has 1 N–H and O–H groups in total. The highest BCUT2D eigenvalue weighted by molar-refractivity contribution is 6.07. The fraction of sp³-hybridized carbons (Fsp3) is 0.462.